The maximum absolute atomic E-state index is 16.0. The first-order valence-electron chi connectivity index (χ1n) is 12.8. The number of amides is 1. The molecule has 210 valence electrons. The number of methoxy groups -OCH3 is 1. The topological polar surface area (TPSA) is 82.4 Å². The summed E-state index contributed by atoms with van der Waals surface area (Å²) in [6, 6.07) is 4.87. The van der Waals surface area contributed by atoms with Crippen LogP contribution >= 0.6 is 34.3 Å². The van der Waals surface area contributed by atoms with Gasteiger partial charge in [-0.3, -0.25) is 9.48 Å². The summed E-state index contributed by atoms with van der Waals surface area (Å²) in [5.41, 5.74) is 3.83. The van der Waals surface area contributed by atoms with Crippen molar-refractivity contribution >= 4 is 50.3 Å². The average molecular weight is 610 g/mol. The highest BCUT2D eigenvalue weighted by Crippen LogP contribution is 2.48. The lowest BCUT2D eigenvalue weighted by Gasteiger charge is -2.24. The molecule has 8 nitrogen and oxygen atoms in total. The number of nitrogens with zero attached hydrogens (tertiary/aromatic N) is 5. The van der Waals surface area contributed by atoms with E-state index < -0.39 is 5.82 Å². The predicted molar refractivity (Wildman–Crippen MR) is 160 cm³/mol. The second kappa shape index (κ2) is 11.3. The van der Waals surface area contributed by atoms with E-state index in [1.54, 1.807) is 29.0 Å². The molecule has 5 heterocycles. The third-order valence-corrected chi connectivity index (χ3v) is 9.06. The number of rotatable bonds is 8. The van der Waals surface area contributed by atoms with Gasteiger partial charge in [0.2, 0.25) is 5.91 Å². The summed E-state index contributed by atoms with van der Waals surface area (Å²) >= 11 is 9.23. The van der Waals surface area contributed by atoms with E-state index in [9.17, 15) is 4.79 Å². The van der Waals surface area contributed by atoms with Crippen molar-refractivity contribution in [1.82, 2.24) is 24.6 Å². The Morgan fingerprint density at radius 2 is 2.10 bits per heavy atom. The molecule has 0 fully saturated rings. The predicted octanol–water partition coefficient (Wildman–Crippen LogP) is 6.38. The first-order chi connectivity index (χ1) is 19.9. The van der Waals surface area contributed by atoms with Crippen LogP contribution in [0.3, 0.4) is 0 Å². The monoisotopic (exact) mass is 609 g/mol. The van der Waals surface area contributed by atoms with E-state index in [1.165, 1.54) is 34.8 Å². The van der Waals surface area contributed by atoms with Crippen LogP contribution in [0, 0.1) is 5.82 Å². The van der Waals surface area contributed by atoms with Gasteiger partial charge in [0, 0.05) is 64.4 Å². The Bertz CT molecular complexity index is 1800. The van der Waals surface area contributed by atoms with E-state index in [2.05, 4.69) is 11.7 Å². The molecule has 0 unspecified atom stereocenters. The number of aromatic nitrogens is 4. The largest absolute Gasteiger partial charge is 0.490 e. The molecule has 1 aliphatic rings. The number of thiophene rings is 1. The summed E-state index contributed by atoms with van der Waals surface area (Å²) in [6.07, 6.45) is 5.59. The Labute approximate surface area is 248 Å². The van der Waals surface area contributed by atoms with E-state index in [0.29, 0.717) is 48.1 Å². The van der Waals surface area contributed by atoms with Gasteiger partial charge >= 0.3 is 0 Å². The lowest BCUT2D eigenvalue weighted by Crippen LogP contribution is -2.34. The van der Waals surface area contributed by atoms with Gasteiger partial charge in [-0.1, -0.05) is 18.2 Å². The van der Waals surface area contributed by atoms with Crippen molar-refractivity contribution in [2.45, 2.75) is 13.0 Å². The average Bonchev–Trinajstić information content (AvgIpc) is 3.71. The number of carbonyl (C=O) groups is 1. The Hall–Kier alpha value is -3.64. The molecular weight excluding hydrogens is 585 g/mol. The zero-order valence-electron chi connectivity index (χ0n) is 22.3. The molecular formula is C29H25ClFN5O3S2. The minimum atomic E-state index is -0.527. The van der Waals surface area contributed by atoms with Gasteiger partial charge in [0.1, 0.15) is 28.9 Å². The van der Waals surface area contributed by atoms with Crippen molar-refractivity contribution in [1.29, 1.82) is 0 Å². The van der Waals surface area contributed by atoms with E-state index in [1.807, 2.05) is 24.7 Å². The summed E-state index contributed by atoms with van der Waals surface area (Å²) < 4.78 is 29.7. The first-order valence-corrected chi connectivity index (χ1v) is 14.9. The number of thiazole rings is 1. The zero-order valence-corrected chi connectivity index (χ0v) is 24.7. The number of benzene rings is 1. The maximum atomic E-state index is 16.0. The first kappa shape index (κ1) is 27.5. The molecule has 0 aliphatic carbocycles. The Morgan fingerprint density at radius 3 is 2.85 bits per heavy atom. The van der Waals surface area contributed by atoms with Crippen molar-refractivity contribution < 1.29 is 18.7 Å². The van der Waals surface area contributed by atoms with Crippen LogP contribution in [0.4, 0.5) is 4.39 Å². The van der Waals surface area contributed by atoms with Gasteiger partial charge in [0.15, 0.2) is 0 Å². The van der Waals surface area contributed by atoms with E-state index in [-0.39, 0.29) is 23.1 Å². The molecule has 0 atom stereocenters. The van der Waals surface area contributed by atoms with Crippen LogP contribution in [0.25, 0.3) is 43.2 Å². The van der Waals surface area contributed by atoms with E-state index in [0.717, 1.165) is 31.9 Å². The number of halogens is 2. The van der Waals surface area contributed by atoms with Crippen LogP contribution < -0.4 is 4.74 Å². The molecule has 1 aromatic carbocycles. The lowest BCUT2D eigenvalue weighted by molar-refractivity contribution is -0.126. The molecule has 0 bridgehead atoms. The van der Waals surface area contributed by atoms with Gasteiger partial charge in [-0.2, -0.15) is 5.10 Å². The third kappa shape index (κ3) is 5.14. The molecule has 0 radical (unpaired) electrons. The zero-order chi connectivity index (χ0) is 28.7. The van der Waals surface area contributed by atoms with Crippen LogP contribution in [-0.4, -0.2) is 57.4 Å². The normalized spacial score (nSPS) is 13.0. The van der Waals surface area contributed by atoms with Crippen molar-refractivity contribution in [3.05, 3.63) is 70.0 Å². The molecule has 6 rings (SSSR count). The van der Waals surface area contributed by atoms with Crippen molar-refractivity contribution in [3.63, 3.8) is 0 Å². The fourth-order valence-electron chi connectivity index (χ4n) is 4.93. The van der Waals surface area contributed by atoms with Gasteiger partial charge in [-0.05, 0) is 29.7 Å². The van der Waals surface area contributed by atoms with Crippen molar-refractivity contribution in [3.8, 4) is 38.8 Å². The summed E-state index contributed by atoms with van der Waals surface area (Å²) in [5, 5.41) is 8.03. The second-order valence-electron chi connectivity index (χ2n) is 9.45. The fraction of sp³-hybridized carbons (Fsp3) is 0.241. The number of pyridine rings is 1. The molecule has 1 amide bonds. The quantitative estimate of drug-likeness (QED) is 0.150. The van der Waals surface area contributed by atoms with Crippen molar-refractivity contribution in [2.24, 2.45) is 7.05 Å². The summed E-state index contributed by atoms with van der Waals surface area (Å²) in [6.45, 7) is 5.15. The third-order valence-electron chi connectivity index (χ3n) is 6.82. The van der Waals surface area contributed by atoms with Gasteiger partial charge in [-0.15, -0.1) is 22.7 Å². The molecule has 0 saturated carbocycles. The summed E-state index contributed by atoms with van der Waals surface area (Å²) in [7, 11) is 3.42. The minimum Gasteiger partial charge on any atom is -0.490 e. The molecule has 12 heteroatoms. The molecule has 4 aromatic heterocycles. The smallest absolute Gasteiger partial charge is 0.246 e. The second-order valence-corrected chi connectivity index (χ2v) is 11.9. The Morgan fingerprint density at radius 1 is 1.24 bits per heavy atom. The Balaban J connectivity index is 1.61. The molecule has 41 heavy (non-hydrogen) atoms. The number of hydrogen-bond acceptors (Lipinski definition) is 8. The highest BCUT2D eigenvalue weighted by molar-refractivity contribution is 7.18. The lowest BCUT2D eigenvalue weighted by atomic mass is 9.98. The molecule has 1 aliphatic heterocycles. The van der Waals surface area contributed by atoms with Crippen LogP contribution in [0.1, 0.15) is 10.6 Å². The van der Waals surface area contributed by atoms with Crippen LogP contribution in [0.15, 0.2) is 48.6 Å². The number of hydrogen-bond donors (Lipinski definition) is 0. The molecule has 0 saturated heterocycles. The fourth-order valence-corrected chi connectivity index (χ4v) is 7.19. The summed E-state index contributed by atoms with van der Waals surface area (Å²) in [4.78, 5) is 25.2. The number of fused-ring (bicyclic) bond motifs is 2. The molecule has 0 N–H and O–H groups in total. The highest BCUT2D eigenvalue weighted by atomic mass is 35.5. The Kier molecular flexibility index (Phi) is 7.60. The van der Waals surface area contributed by atoms with Crippen LogP contribution in [0.5, 0.6) is 5.75 Å². The number of ether oxygens (including phenoxy) is 2. The maximum Gasteiger partial charge on any atom is 0.246 e. The highest BCUT2D eigenvalue weighted by Gasteiger charge is 2.29. The van der Waals surface area contributed by atoms with E-state index in [4.69, 9.17) is 31.0 Å². The molecule has 5 aromatic rings. The van der Waals surface area contributed by atoms with Gasteiger partial charge < -0.3 is 14.4 Å². The number of carbonyl (C=O) groups excluding carboxylic acids is 1. The van der Waals surface area contributed by atoms with E-state index >= 15 is 4.39 Å². The van der Waals surface area contributed by atoms with Crippen molar-refractivity contribution in [2.75, 3.05) is 26.9 Å². The SMILES string of the molecule is C=CC(=O)N1CCc2nc(-c3nc(-c4cnn(C)c4)c4ccsc4c3-c3c(F)cc(Cl)cc3OCCOC)sc2C1. The van der Waals surface area contributed by atoms with Gasteiger partial charge in [-0.25, -0.2) is 14.4 Å². The van der Waals surface area contributed by atoms with Crippen LogP contribution in [-0.2, 0) is 29.5 Å². The minimum absolute atomic E-state index is 0.121. The van der Waals surface area contributed by atoms with Gasteiger partial charge in [0.05, 0.1) is 36.3 Å². The summed E-state index contributed by atoms with van der Waals surface area (Å²) in [5.74, 6) is -0.353. The number of aryl methyl sites for hydroxylation is 1. The standard InChI is InChI=1S/C29H25ClFN5O3S2/c1-4-23(37)36-7-5-20-22(15-36)41-29(33-20)27-25(24-19(31)11-17(30)12-21(24)39-9-8-38-3)28-18(6-10-40-28)26(34-27)16-13-32-35(2)14-16/h4,6,10-14H,1,5,7-9,15H2,2-3H3. The molecule has 0 spiro atoms. The van der Waals surface area contributed by atoms with Crippen LogP contribution in [0.2, 0.25) is 5.02 Å². The van der Waals surface area contributed by atoms with Gasteiger partial charge in [0.25, 0.3) is 0 Å².